The van der Waals surface area contributed by atoms with Gasteiger partial charge in [0.15, 0.2) is 0 Å². The molecule has 5 heteroatoms. The molecule has 20 heavy (non-hydrogen) atoms. The minimum absolute atomic E-state index is 0.229. The first kappa shape index (κ1) is 13.2. The second-order valence-electron chi connectivity index (χ2n) is 5.09. The summed E-state index contributed by atoms with van der Waals surface area (Å²) in [5.74, 6) is 0.229. The van der Waals surface area contributed by atoms with Crippen LogP contribution in [0.2, 0.25) is 0 Å². The van der Waals surface area contributed by atoms with Gasteiger partial charge in [-0.15, -0.1) is 11.3 Å². The highest BCUT2D eigenvalue weighted by Crippen LogP contribution is 2.20. The number of nitrogens with zero attached hydrogens (tertiary/aromatic N) is 3. The molecule has 0 radical (unpaired) electrons. The first-order valence-electron chi connectivity index (χ1n) is 6.82. The molecule has 4 nitrogen and oxygen atoms in total. The summed E-state index contributed by atoms with van der Waals surface area (Å²) in [6, 6.07) is 2.11. The predicted molar refractivity (Wildman–Crippen MR) is 78.5 cm³/mol. The fraction of sp³-hybridized carbons (Fsp3) is 0.400. The molecule has 1 amide bonds. The van der Waals surface area contributed by atoms with E-state index in [1.54, 1.807) is 17.7 Å². The largest absolute Gasteiger partial charge is 0.338 e. The van der Waals surface area contributed by atoms with Crippen LogP contribution in [0.4, 0.5) is 0 Å². The Morgan fingerprint density at radius 1 is 1.50 bits per heavy atom. The molecule has 3 heterocycles. The van der Waals surface area contributed by atoms with Gasteiger partial charge in [0.05, 0.1) is 5.69 Å². The topological polar surface area (TPSA) is 46.1 Å². The van der Waals surface area contributed by atoms with Crippen molar-refractivity contribution in [3.8, 4) is 0 Å². The summed E-state index contributed by atoms with van der Waals surface area (Å²) in [5, 5.41) is 2.09. The Morgan fingerprint density at radius 2 is 2.40 bits per heavy atom. The molecule has 1 aliphatic rings. The maximum absolute atomic E-state index is 12.3. The van der Waals surface area contributed by atoms with E-state index in [1.807, 2.05) is 11.1 Å². The number of aromatic nitrogens is 2. The Labute approximate surface area is 122 Å². The molecule has 0 fully saturated rings. The van der Waals surface area contributed by atoms with Gasteiger partial charge in [-0.25, -0.2) is 9.97 Å². The summed E-state index contributed by atoms with van der Waals surface area (Å²) in [5.41, 5.74) is 3.46. The maximum atomic E-state index is 12.3. The lowest BCUT2D eigenvalue weighted by Crippen LogP contribution is -2.36. The van der Waals surface area contributed by atoms with Gasteiger partial charge in [-0.05, 0) is 30.4 Å². The number of amides is 1. The molecule has 0 spiro atoms. The third-order valence-electron chi connectivity index (χ3n) is 3.75. The highest BCUT2D eigenvalue weighted by molar-refractivity contribution is 7.10. The molecule has 2 aromatic rings. The van der Waals surface area contributed by atoms with E-state index in [0.717, 1.165) is 30.6 Å². The van der Waals surface area contributed by atoms with Gasteiger partial charge < -0.3 is 4.90 Å². The standard InChI is InChI=1S/C15H17N3OS/c1-11-5-7-20-14(11)2-3-15(19)18-6-4-13-12(9-18)8-16-10-17-13/h5,7-8,10H,2-4,6,9H2,1H3. The molecule has 3 rings (SSSR count). The number of hydrogen-bond acceptors (Lipinski definition) is 4. The number of aryl methyl sites for hydroxylation is 2. The van der Waals surface area contributed by atoms with E-state index in [0.29, 0.717) is 13.0 Å². The average molecular weight is 287 g/mol. The molecule has 2 aromatic heterocycles. The molecular formula is C15H17N3OS. The van der Waals surface area contributed by atoms with Crippen molar-refractivity contribution in [1.29, 1.82) is 0 Å². The SMILES string of the molecule is Cc1ccsc1CCC(=O)N1CCc2ncncc2C1. The smallest absolute Gasteiger partial charge is 0.223 e. The normalized spacial score (nSPS) is 14.2. The van der Waals surface area contributed by atoms with Gasteiger partial charge in [0.25, 0.3) is 0 Å². The first-order chi connectivity index (χ1) is 9.74. The number of rotatable bonds is 3. The minimum Gasteiger partial charge on any atom is -0.338 e. The van der Waals surface area contributed by atoms with Crippen LogP contribution in [0, 0.1) is 6.92 Å². The minimum atomic E-state index is 0.229. The van der Waals surface area contributed by atoms with Crippen LogP contribution >= 0.6 is 11.3 Å². The number of thiophene rings is 1. The summed E-state index contributed by atoms with van der Waals surface area (Å²) in [6.07, 6.45) is 5.67. The monoisotopic (exact) mass is 287 g/mol. The third kappa shape index (κ3) is 2.72. The van der Waals surface area contributed by atoms with Crippen molar-refractivity contribution >= 4 is 17.2 Å². The molecule has 0 atom stereocenters. The van der Waals surface area contributed by atoms with Crippen LogP contribution in [-0.4, -0.2) is 27.3 Å². The molecule has 0 N–H and O–H groups in total. The second-order valence-corrected chi connectivity index (χ2v) is 6.09. The van der Waals surface area contributed by atoms with E-state index in [1.165, 1.54) is 10.4 Å². The van der Waals surface area contributed by atoms with Crippen LogP contribution < -0.4 is 0 Å². The number of carbonyl (C=O) groups excluding carboxylic acids is 1. The van der Waals surface area contributed by atoms with Crippen LogP contribution in [0.1, 0.15) is 28.1 Å². The summed E-state index contributed by atoms with van der Waals surface area (Å²) in [6.45, 7) is 3.52. The fourth-order valence-electron chi connectivity index (χ4n) is 2.52. The van der Waals surface area contributed by atoms with Crippen LogP contribution in [0.5, 0.6) is 0 Å². The van der Waals surface area contributed by atoms with Crippen molar-refractivity contribution in [3.63, 3.8) is 0 Å². The zero-order valence-electron chi connectivity index (χ0n) is 11.5. The Morgan fingerprint density at radius 3 is 3.20 bits per heavy atom. The van der Waals surface area contributed by atoms with Gasteiger partial charge in [-0.2, -0.15) is 0 Å². The summed E-state index contributed by atoms with van der Waals surface area (Å²) >= 11 is 1.74. The lowest BCUT2D eigenvalue weighted by atomic mass is 10.1. The Bertz CT molecular complexity index is 623. The van der Waals surface area contributed by atoms with Crippen molar-refractivity contribution in [3.05, 3.63) is 45.7 Å². The summed E-state index contributed by atoms with van der Waals surface area (Å²) in [7, 11) is 0. The molecule has 1 aliphatic heterocycles. The quantitative estimate of drug-likeness (QED) is 0.870. The summed E-state index contributed by atoms with van der Waals surface area (Å²) in [4.78, 5) is 23.9. The van der Waals surface area contributed by atoms with Gasteiger partial charge in [-0.1, -0.05) is 0 Å². The van der Waals surface area contributed by atoms with Crippen molar-refractivity contribution in [2.75, 3.05) is 6.54 Å². The Hall–Kier alpha value is -1.75. The van der Waals surface area contributed by atoms with Gasteiger partial charge in [0.2, 0.25) is 5.91 Å². The van der Waals surface area contributed by atoms with Gasteiger partial charge in [-0.3, -0.25) is 4.79 Å². The first-order valence-corrected chi connectivity index (χ1v) is 7.70. The number of hydrogen-bond donors (Lipinski definition) is 0. The number of fused-ring (bicyclic) bond motifs is 1. The van der Waals surface area contributed by atoms with E-state index >= 15 is 0 Å². The fourth-order valence-corrected chi connectivity index (χ4v) is 3.43. The van der Waals surface area contributed by atoms with Crippen molar-refractivity contribution < 1.29 is 4.79 Å². The lowest BCUT2D eigenvalue weighted by molar-refractivity contribution is -0.132. The molecular weight excluding hydrogens is 270 g/mol. The average Bonchev–Trinajstić information content (AvgIpc) is 2.89. The molecule has 0 unspecified atom stereocenters. The highest BCUT2D eigenvalue weighted by atomic mass is 32.1. The van der Waals surface area contributed by atoms with E-state index in [-0.39, 0.29) is 5.91 Å². The van der Waals surface area contributed by atoms with E-state index in [9.17, 15) is 4.79 Å². The van der Waals surface area contributed by atoms with Crippen molar-refractivity contribution in [1.82, 2.24) is 14.9 Å². The number of carbonyl (C=O) groups is 1. The summed E-state index contributed by atoms with van der Waals surface area (Å²) < 4.78 is 0. The Balaban J connectivity index is 1.60. The Kier molecular flexibility index (Phi) is 3.78. The van der Waals surface area contributed by atoms with Crippen LogP contribution in [-0.2, 0) is 24.2 Å². The van der Waals surface area contributed by atoms with E-state index in [2.05, 4.69) is 28.3 Å². The van der Waals surface area contributed by atoms with Gasteiger partial charge >= 0.3 is 0 Å². The maximum Gasteiger partial charge on any atom is 0.223 e. The van der Waals surface area contributed by atoms with Crippen LogP contribution in [0.25, 0.3) is 0 Å². The highest BCUT2D eigenvalue weighted by Gasteiger charge is 2.21. The van der Waals surface area contributed by atoms with Crippen molar-refractivity contribution in [2.24, 2.45) is 0 Å². The zero-order chi connectivity index (χ0) is 13.9. The molecule has 0 saturated carbocycles. The van der Waals surface area contributed by atoms with E-state index in [4.69, 9.17) is 0 Å². The molecule has 0 bridgehead atoms. The van der Waals surface area contributed by atoms with E-state index < -0.39 is 0 Å². The van der Waals surface area contributed by atoms with Gasteiger partial charge in [0.1, 0.15) is 6.33 Å². The molecule has 104 valence electrons. The predicted octanol–water partition coefficient (Wildman–Crippen LogP) is 2.36. The lowest BCUT2D eigenvalue weighted by Gasteiger charge is -2.27. The van der Waals surface area contributed by atoms with Crippen LogP contribution in [0.3, 0.4) is 0 Å². The van der Waals surface area contributed by atoms with Gasteiger partial charge in [0, 0.05) is 42.6 Å². The second kappa shape index (κ2) is 5.71. The molecule has 0 aliphatic carbocycles. The van der Waals surface area contributed by atoms with Crippen molar-refractivity contribution in [2.45, 2.75) is 32.7 Å². The zero-order valence-corrected chi connectivity index (χ0v) is 12.3. The molecule has 0 aromatic carbocycles. The van der Waals surface area contributed by atoms with Crippen LogP contribution in [0.15, 0.2) is 24.0 Å². The third-order valence-corrected chi connectivity index (χ3v) is 4.83. The molecule has 0 saturated heterocycles.